The van der Waals surface area contributed by atoms with E-state index in [1.165, 1.54) is 12.1 Å². The van der Waals surface area contributed by atoms with Crippen LogP contribution >= 0.6 is 0 Å². The highest BCUT2D eigenvalue weighted by molar-refractivity contribution is 5.69. The van der Waals surface area contributed by atoms with Crippen LogP contribution in [-0.4, -0.2) is 28.6 Å². The number of rotatable bonds is 5. The maximum atomic E-state index is 13.0. The normalized spacial score (nSPS) is 15.2. The number of hydrogen-bond donors (Lipinski definition) is 1. The summed E-state index contributed by atoms with van der Waals surface area (Å²) in [5, 5.41) is 8.85. The molecule has 0 radical (unpaired) electrons. The number of carboxylic acids is 1. The monoisotopic (exact) mass is 237 g/mol. The molecule has 3 nitrogen and oxygen atoms in total. The molecule has 0 unspecified atom stereocenters. The van der Waals surface area contributed by atoms with Crippen molar-refractivity contribution in [3.8, 4) is 0 Å². The zero-order valence-corrected chi connectivity index (χ0v) is 9.82. The number of aryl methyl sites for hydroxylation is 1. The molecule has 2 rings (SSSR count). The lowest BCUT2D eigenvalue weighted by Crippen LogP contribution is -2.31. The van der Waals surface area contributed by atoms with Gasteiger partial charge < -0.3 is 5.11 Å². The van der Waals surface area contributed by atoms with Crippen LogP contribution in [0.15, 0.2) is 18.2 Å². The Kier molecular flexibility index (Phi) is 3.43. The third kappa shape index (κ3) is 3.27. The fourth-order valence-electron chi connectivity index (χ4n) is 1.98. The van der Waals surface area contributed by atoms with Gasteiger partial charge in [0.15, 0.2) is 0 Å². The van der Waals surface area contributed by atoms with E-state index in [4.69, 9.17) is 5.11 Å². The summed E-state index contributed by atoms with van der Waals surface area (Å²) in [6, 6.07) is 5.03. The van der Waals surface area contributed by atoms with Gasteiger partial charge in [0.05, 0.1) is 6.54 Å². The Labute approximate surface area is 99.9 Å². The minimum Gasteiger partial charge on any atom is -0.480 e. The second-order valence-electron chi connectivity index (χ2n) is 4.60. The highest BCUT2D eigenvalue weighted by atomic mass is 19.1. The van der Waals surface area contributed by atoms with E-state index in [0.29, 0.717) is 12.6 Å². The lowest BCUT2D eigenvalue weighted by atomic mass is 10.1. The zero-order chi connectivity index (χ0) is 12.4. The van der Waals surface area contributed by atoms with Crippen LogP contribution < -0.4 is 0 Å². The molecule has 92 valence electrons. The Bertz CT molecular complexity index is 429. The van der Waals surface area contributed by atoms with Gasteiger partial charge in [0.25, 0.3) is 0 Å². The summed E-state index contributed by atoms with van der Waals surface area (Å²) in [6.07, 6.45) is 2.13. The average molecular weight is 237 g/mol. The highest BCUT2D eigenvalue weighted by Crippen LogP contribution is 2.28. The van der Waals surface area contributed by atoms with E-state index < -0.39 is 5.97 Å². The molecule has 0 amide bonds. The number of carboxylic acid groups (broad SMARTS) is 1. The number of halogens is 1. The quantitative estimate of drug-likeness (QED) is 0.853. The molecule has 1 N–H and O–H groups in total. The number of carbonyl (C=O) groups is 1. The van der Waals surface area contributed by atoms with Crippen molar-refractivity contribution in [2.24, 2.45) is 0 Å². The third-order valence-electron chi connectivity index (χ3n) is 3.08. The van der Waals surface area contributed by atoms with Crippen molar-refractivity contribution < 1.29 is 14.3 Å². The van der Waals surface area contributed by atoms with Crippen LogP contribution in [0.4, 0.5) is 4.39 Å². The van der Waals surface area contributed by atoms with Crippen molar-refractivity contribution in [1.82, 2.24) is 4.90 Å². The van der Waals surface area contributed by atoms with E-state index in [1.54, 1.807) is 6.07 Å². The van der Waals surface area contributed by atoms with Crippen molar-refractivity contribution in [3.05, 3.63) is 35.1 Å². The van der Waals surface area contributed by atoms with Crippen LogP contribution in [0.2, 0.25) is 0 Å². The SMILES string of the molecule is Cc1cc(F)ccc1CN(CC(=O)O)C1CC1. The van der Waals surface area contributed by atoms with Crippen molar-refractivity contribution >= 4 is 5.97 Å². The first-order valence-electron chi connectivity index (χ1n) is 5.77. The van der Waals surface area contributed by atoms with Gasteiger partial charge in [-0.15, -0.1) is 0 Å². The molecule has 1 fully saturated rings. The summed E-state index contributed by atoms with van der Waals surface area (Å²) in [6.45, 7) is 2.49. The molecule has 17 heavy (non-hydrogen) atoms. The molecule has 1 saturated carbocycles. The van der Waals surface area contributed by atoms with Crippen molar-refractivity contribution in [3.63, 3.8) is 0 Å². The molecule has 1 aliphatic carbocycles. The van der Waals surface area contributed by atoms with Crippen LogP contribution in [0.3, 0.4) is 0 Å². The Hall–Kier alpha value is -1.42. The molecule has 0 heterocycles. The van der Waals surface area contributed by atoms with Crippen LogP contribution in [0.25, 0.3) is 0 Å². The maximum absolute atomic E-state index is 13.0. The Morgan fingerprint density at radius 1 is 1.53 bits per heavy atom. The predicted molar refractivity (Wildman–Crippen MR) is 62.2 cm³/mol. The summed E-state index contributed by atoms with van der Waals surface area (Å²) in [5.74, 6) is -1.06. The highest BCUT2D eigenvalue weighted by Gasteiger charge is 2.30. The number of benzene rings is 1. The van der Waals surface area contributed by atoms with Gasteiger partial charge in [0.2, 0.25) is 0 Å². The summed E-state index contributed by atoms with van der Waals surface area (Å²) >= 11 is 0. The van der Waals surface area contributed by atoms with Crippen LogP contribution in [0.5, 0.6) is 0 Å². The van der Waals surface area contributed by atoms with E-state index in [2.05, 4.69) is 0 Å². The minimum absolute atomic E-state index is 0.0570. The molecule has 1 aromatic carbocycles. The maximum Gasteiger partial charge on any atom is 0.317 e. The van der Waals surface area contributed by atoms with Crippen molar-refractivity contribution in [1.29, 1.82) is 0 Å². The van der Waals surface area contributed by atoms with E-state index in [-0.39, 0.29) is 12.4 Å². The standard InChI is InChI=1S/C13H16FNO2/c1-9-6-11(14)3-2-10(9)7-15(8-13(16)17)12-4-5-12/h2-3,6,12H,4-5,7-8H2,1H3,(H,16,17). The molecule has 0 saturated heterocycles. The molecule has 0 bridgehead atoms. The minimum atomic E-state index is -0.809. The van der Waals surface area contributed by atoms with Gasteiger partial charge >= 0.3 is 5.97 Å². The first kappa shape index (κ1) is 12.0. The van der Waals surface area contributed by atoms with E-state index in [9.17, 15) is 9.18 Å². The van der Waals surface area contributed by atoms with E-state index in [0.717, 1.165) is 24.0 Å². The van der Waals surface area contributed by atoms with Crippen LogP contribution in [-0.2, 0) is 11.3 Å². The summed E-state index contributed by atoms with van der Waals surface area (Å²) in [5.41, 5.74) is 1.88. The van der Waals surface area contributed by atoms with Gasteiger partial charge in [-0.2, -0.15) is 0 Å². The fraction of sp³-hybridized carbons (Fsp3) is 0.462. The average Bonchev–Trinajstić information content (AvgIpc) is 3.03. The molecule has 0 spiro atoms. The van der Waals surface area contributed by atoms with E-state index >= 15 is 0 Å². The number of nitrogens with zero attached hydrogens (tertiary/aromatic N) is 1. The largest absolute Gasteiger partial charge is 0.480 e. The molecule has 1 aromatic rings. The van der Waals surface area contributed by atoms with Gasteiger partial charge in [0.1, 0.15) is 5.82 Å². The Morgan fingerprint density at radius 3 is 2.76 bits per heavy atom. The first-order chi connectivity index (χ1) is 8.06. The molecular weight excluding hydrogens is 221 g/mol. The first-order valence-corrected chi connectivity index (χ1v) is 5.77. The fourth-order valence-corrected chi connectivity index (χ4v) is 1.98. The van der Waals surface area contributed by atoms with Crippen molar-refractivity contribution in [2.75, 3.05) is 6.54 Å². The second-order valence-corrected chi connectivity index (χ2v) is 4.60. The van der Waals surface area contributed by atoms with Gasteiger partial charge in [-0.05, 0) is 43.0 Å². The zero-order valence-electron chi connectivity index (χ0n) is 9.82. The van der Waals surface area contributed by atoms with Crippen LogP contribution in [0.1, 0.15) is 24.0 Å². The number of hydrogen-bond acceptors (Lipinski definition) is 2. The van der Waals surface area contributed by atoms with Crippen molar-refractivity contribution in [2.45, 2.75) is 32.4 Å². The smallest absolute Gasteiger partial charge is 0.317 e. The second kappa shape index (κ2) is 4.84. The van der Waals surface area contributed by atoms with Gasteiger partial charge in [-0.1, -0.05) is 6.07 Å². The lowest BCUT2D eigenvalue weighted by Gasteiger charge is -2.20. The molecule has 0 aromatic heterocycles. The molecule has 0 aliphatic heterocycles. The van der Waals surface area contributed by atoms with E-state index in [1.807, 2.05) is 11.8 Å². The van der Waals surface area contributed by atoms with Gasteiger partial charge in [-0.25, -0.2) is 4.39 Å². The molecule has 0 atom stereocenters. The summed E-state index contributed by atoms with van der Waals surface area (Å²) < 4.78 is 13.0. The lowest BCUT2D eigenvalue weighted by molar-refractivity contribution is -0.138. The molecule has 1 aliphatic rings. The third-order valence-corrected chi connectivity index (χ3v) is 3.08. The van der Waals surface area contributed by atoms with Crippen LogP contribution in [0, 0.1) is 12.7 Å². The number of aliphatic carboxylic acids is 1. The molecular formula is C13H16FNO2. The topological polar surface area (TPSA) is 40.5 Å². The molecule has 4 heteroatoms. The van der Waals surface area contributed by atoms with Gasteiger partial charge in [0, 0.05) is 12.6 Å². The predicted octanol–water partition coefficient (Wildman–Crippen LogP) is 2.18. The summed E-state index contributed by atoms with van der Waals surface area (Å²) in [7, 11) is 0. The Morgan fingerprint density at radius 2 is 2.24 bits per heavy atom. The van der Waals surface area contributed by atoms with Gasteiger partial charge in [-0.3, -0.25) is 9.69 Å². The Balaban J connectivity index is 2.08. The summed E-state index contributed by atoms with van der Waals surface area (Å²) in [4.78, 5) is 12.7.